The molecule has 0 bridgehead atoms. The lowest BCUT2D eigenvalue weighted by Crippen LogP contribution is -2.18. The third-order valence-corrected chi connectivity index (χ3v) is 5.86. The first kappa shape index (κ1) is 20.7. The fraction of sp³-hybridized carbons (Fsp3) is 0.300. The molecule has 0 fully saturated rings. The van der Waals surface area contributed by atoms with Gasteiger partial charge in [0.25, 0.3) is 0 Å². The Labute approximate surface area is 168 Å². The van der Waals surface area contributed by atoms with Crippen molar-refractivity contribution in [2.24, 2.45) is 0 Å². The van der Waals surface area contributed by atoms with Crippen LogP contribution in [-0.4, -0.2) is 45.9 Å². The Morgan fingerprint density at radius 1 is 1.03 bits per heavy atom. The summed E-state index contributed by atoms with van der Waals surface area (Å²) in [6, 6.07) is 10.6. The van der Waals surface area contributed by atoms with Gasteiger partial charge < -0.3 is 19.5 Å². The summed E-state index contributed by atoms with van der Waals surface area (Å²) in [6.07, 6.45) is -0.212. The predicted octanol–water partition coefficient (Wildman–Crippen LogP) is 2.44. The van der Waals surface area contributed by atoms with Crippen LogP contribution in [0.25, 0.3) is 0 Å². The summed E-state index contributed by atoms with van der Waals surface area (Å²) in [4.78, 5) is 23.8. The Kier molecular flexibility index (Phi) is 6.38. The van der Waals surface area contributed by atoms with E-state index in [0.29, 0.717) is 36.0 Å². The molecule has 1 heterocycles. The van der Waals surface area contributed by atoms with Gasteiger partial charge >= 0.3 is 5.97 Å². The van der Waals surface area contributed by atoms with Crippen molar-refractivity contribution in [2.45, 2.75) is 18.2 Å². The summed E-state index contributed by atoms with van der Waals surface area (Å²) in [5.41, 5.74) is 0.825. The second-order valence-electron chi connectivity index (χ2n) is 6.22. The van der Waals surface area contributed by atoms with Crippen LogP contribution in [0, 0.1) is 0 Å². The van der Waals surface area contributed by atoms with E-state index in [-0.39, 0.29) is 23.7 Å². The van der Waals surface area contributed by atoms with Crippen LogP contribution >= 0.6 is 0 Å². The van der Waals surface area contributed by atoms with Gasteiger partial charge in [-0.05, 0) is 43.3 Å². The molecule has 2 aromatic carbocycles. The maximum Gasteiger partial charge on any atom is 0.338 e. The molecule has 1 aliphatic heterocycles. The van der Waals surface area contributed by atoms with E-state index in [1.54, 1.807) is 25.1 Å². The molecule has 0 saturated carbocycles. The molecule has 1 aliphatic rings. The van der Waals surface area contributed by atoms with Crippen molar-refractivity contribution in [1.82, 2.24) is 0 Å². The molecule has 0 aliphatic carbocycles. The molecule has 9 heteroatoms. The second-order valence-corrected chi connectivity index (χ2v) is 8.33. The highest BCUT2D eigenvalue weighted by Gasteiger charge is 2.20. The summed E-state index contributed by atoms with van der Waals surface area (Å²) in [6.45, 7) is 2.76. The van der Waals surface area contributed by atoms with Crippen LogP contribution in [0.5, 0.6) is 11.5 Å². The largest absolute Gasteiger partial charge is 0.486 e. The highest BCUT2D eigenvalue weighted by molar-refractivity contribution is 7.91. The van der Waals surface area contributed by atoms with Crippen molar-refractivity contribution in [1.29, 1.82) is 0 Å². The molecule has 29 heavy (non-hydrogen) atoms. The summed E-state index contributed by atoms with van der Waals surface area (Å²) >= 11 is 0. The van der Waals surface area contributed by atoms with Crippen LogP contribution in [0.15, 0.2) is 47.4 Å². The lowest BCUT2D eigenvalue weighted by molar-refractivity contribution is -0.115. The normalized spacial score (nSPS) is 12.9. The number of sulfone groups is 1. The standard InChI is InChI=1S/C20H21NO7S/c1-2-26-20(23)14-3-5-15(6-4-14)21-19(22)9-12-29(24,25)16-7-8-17-18(13-16)28-11-10-27-17/h3-8,13H,2,9-12H2,1H3,(H,21,22). The predicted molar refractivity (Wildman–Crippen MR) is 105 cm³/mol. The minimum absolute atomic E-state index is 0.0772. The van der Waals surface area contributed by atoms with E-state index in [1.165, 1.54) is 24.3 Å². The average Bonchev–Trinajstić information content (AvgIpc) is 2.73. The molecule has 1 N–H and O–H groups in total. The maximum atomic E-state index is 12.5. The third kappa shape index (κ3) is 5.26. The van der Waals surface area contributed by atoms with Crippen LogP contribution in [-0.2, 0) is 19.4 Å². The number of carbonyl (C=O) groups excluding carboxylic acids is 2. The van der Waals surface area contributed by atoms with Crippen LogP contribution in [0.1, 0.15) is 23.7 Å². The lowest BCUT2D eigenvalue weighted by atomic mass is 10.2. The Hall–Kier alpha value is -3.07. The van der Waals surface area contributed by atoms with E-state index < -0.39 is 21.7 Å². The van der Waals surface area contributed by atoms with Crippen molar-refractivity contribution >= 4 is 27.4 Å². The van der Waals surface area contributed by atoms with Crippen LogP contribution in [0.2, 0.25) is 0 Å². The molecule has 0 saturated heterocycles. The van der Waals surface area contributed by atoms with E-state index in [1.807, 2.05) is 0 Å². The van der Waals surface area contributed by atoms with Gasteiger partial charge in [0.2, 0.25) is 5.91 Å². The molecular weight excluding hydrogens is 398 g/mol. The third-order valence-electron chi connectivity index (χ3n) is 4.15. The van der Waals surface area contributed by atoms with Crippen molar-refractivity contribution in [2.75, 3.05) is 30.9 Å². The molecule has 0 spiro atoms. The Balaban J connectivity index is 1.57. The molecular formula is C20H21NO7S. The highest BCUT2D eigenvalue weighted by atomic mass is 32.2. The molecule has 1 amide bonds. The first-order valence-corrected chi connectivity index (χ1v) is 10.7. The van der Waals surface area contributed by atoms with Crippen LogP contribution in [0.4, 0.5) is 5.69 Å². The van der Waals surface area contributed by atoms with Gasteiger partial charge in [0, 0.05) is 18.2 Å². The minimum Gasteiger partial charge on any atom is -0.486 e. The monoisotopic (exact) mass is 419 g/mol. The molecule has 154 valence electrons. The van der Waals surface area contributed by atoms with E-state index in [4.69, 9.17) is 14.2 Å². The van der Waals surface area contributed by atoms with E-state index in [2.05, 4.69) is 5.32 Å². The van der Waals surface area contributed by atoms with Crippen LogP contribution in [0.3, 0.4) is 0 Å². The zero-order chi connectivity index (χ0) is 20.9. The van der Waals surface area contributed by atoms with E-state index in [9.17, 15) is 18.0 Å². The molecule has 3 rings (SSSR count). The Bertz CT molecular complexity index is 1000. The number of hydrogen-bond donors (Lipinski definition) is 1. The fourth-order valence-electron chi connectivity index (χ4n) is 2.69. The van der Waals surface area contributed by atoms with Gasteiger partial charge in [0.05, 0.1) is 22.8 Å². The zero-order valence-corrected chi connectivity index (χ0v) is 16.7. The van der Waals surface area contributed by atoms with Gasteiger partial charge in [-0.25, -0.2) is 13.2 Å². The van der Waals surface area contributed by atoms with Crippen molar-refractivity contribution in [3.63, 3.8) is 0 Å². The first-order valence-electron chi connectivity index (χ1n) is 9.08. The number of amides is 1. The van der Waals surface area contributed by atoms with Crippen LogP contribution < -0.4 is 14.8 Å². The lowest BCUT2D eigenvalue weighted by Gasteiger charge is -2.18. The van der Waals surface area contributed by atoms with Gasteiger partial charge in [0.1, 0.15) is 13.2 Å². The molecule has 0 unspecified atom stereocenters. The van der Waals surface area contributed by atoms with Gasteiger partial charge in [-0.1, -0.05) is 0 Å². The number of ether oxygens (including phenoxy) is 3. The first-order chi connectivity index (χ1) is 13.9. The Morgan fingerprint density at radius 3 is 2.41 bits per heavy atom. The SMILES string of the molecule is CCOC(=O)c1ccc(NC(=O)CCS(=O)(=O)c2ccc3c(c2)OCCO3)cc1. The van der Waals surface area contributed by atoms with Gasteiger partial charge in [-0.3, -0.25) is 4.79 Å². The smallest absolute Gasteiger partial charge is 0.338 e. The van der Waals surface area contributed by atoms with Gasteiger partial charge in [-0.2, -0.15) is 0 Å². The topological polar surface area (TPSA) is 108 Å². The van der Waals surface area contributed by atoms with Crippen molar-refractivity contribution in [3.05, 3.63) is 48.0 Å². The van der Waals surface area contributed by atoms with E-state index >= 15 is 0 Å². The zero-order valence-electron chi connectivity index (χ0n) is 15.8. The number of rotatable bonds is 7. The summed E-state index contributed by atoms with van der Waals surface area (Å²) in [5.74, 6) is -0.368. The second kappa shape index (κ2) is 8.95. The average molecular weight is 419 g/mol. The molecule has 0 aromatic heterocycles. The number of carbonyl (C=O) groups is 2. The minimum atomic E-state index is -3.66. The summed E-state index contributed by atoms with van der Waals surface area (Å²) < 4.78 is 40.7. The number of nitrogens with one attached hydrogen (secondary N) is 1. The number of esters is 1. The number of benzene rings is 2. The molecule has 0 atom stereocenters. The van der Waals surface area contributed by atoms with E-state index in [0.717, 1.165) is 0 Å². The van der Waals surface area contributed by atoms with Crippen molar-refractivity contribution in [3.8, 4) is 11.5 Å². The van der Waals surface area contributed by atoms with Gasteiger partial charge in [-0.15, -0.1) is 0 Å². The molecule has 0 radical (unpaired) electrons. The number of hydrogen-bond acceptors (Lipinski definition) is 7. The summed E-state index contributed by atoms with van der Waals surface area (Å²) in [5, 5.41) is 2.61. The number of fused-ring (bicyclic) bond motifs is 1. The highest BCUT2D eigenvalue weighted by Crippen LogP contribution is 2.32. The van der Waals surface area contributed by atoms with Gasteiger partial charge in [0.15, 0.2) is 21.3 Å². The molecule has 8 nitrogen and oxygen atoms in total. The van der Waals surface area contributed by atoms with Crippen molar-refractivity contribution < 1.29 is 32.2 Å². The molecule has 2 aromatic rings. The maximum absolute atomic E-state index is 12.5. The quantitative estimate of drug-likeness (QED) is 0.687. The summed E-state index contributed by atoms with van der Waals surface area (Å²) in [7, 11) is -3.66. The fourth-order valence-corrected chi connectivity index (χ4v) is 3.94. The Morgan fingerprint density at radius 2 is 1.72 bits per heavy atom. The number of anilines is 1.